The molecule has 6 heteroatoms. The minimum absolute atomic E-state index is 0.166. The first kappa shape index (κ1) is 16.3. The number of carbonyl (C=O) groups is 1. The van der Waals surface area contributed by atoms with Gasteiger partial charge in [-0.2, -0.15) is 5.10 Å². The van der Waals surface area contributed by atoms with Gasteiger partial charge in [-0.3, -0.25) is 9.69 Å². The molecule has 4 rings (SSSR count). The van der Waals surface area contributed by atoms with E-state index in [-0.39, 0.29) is 5.91 Å². The summed E-state index contributed by atoms with van der Waals surface area (Å²) in [6, 6.07) is 11.5. The van der Waals surface area contributed by atoms with Crippen LogP contribution in [0, 0.1) is 0 Å². The van der Waals surface area contributed by atoms with Crippen molar-refractivity contribution in [3.63, 3.8) is 0 Å². The molecule has 0 radical (unpaired) electrons. The zero-order chi connectivity index (χ0) is 17.1. The number of carbonyl (C=O) groups excluding carboxylic acids is 1. The van der Waals surface area contributed by atoms with Gasteiger partial charge in [0.1, 0.15) is 19.2 Å². The Morgan fingerprint density at radius 3 is 2.68 bits per heavy atom. The smallest absolute Gasteiger partial charge is 0.244 e. The van der Waals surface area contributed by atoms with Crippen LogP contribution in [0.15, 0.2) is 43.0 Å². The van der Waals surface area contributed by atoms with E-state index in [1.165, 1.54) is 24.7 Å². The van der Waals surface area contributed by atoms with E-state index in [9.17, 15) is 4.79 Å². The fourth-order valence-electron chi connectivity index (χ4n) is 4.35. The van der Waals surface area contributed by atoms with Crippen LogP contribution in [0.5, 0.6) is 0 Å². The second-order valence-corrected chi connectivity index (χ2v) is 7.06. The van der Waals surface area contributed by atoms with Crippen LogP contribution in [-0.4, -0.2) is 55.6 Å². The molecule has 2 aliphatic heterocycles. The Morgan fingerprint density at radius 1 is 1.08 bits per heavy atom. The third-order valence-corrected chi connectivity index (χ3v) is 5.47. The summed E-state index contributed by atoms with van der Waals surface area (Å²) in [5, 5.41) is 4.07. The molecule has 3 heterocycles. The van der Waals surface area contributed by atoms with Crippen LogP contribution in [0.3, 0.4) is 0 Å². The normalized spacial score (nSPS) is 24.1. The van der Waals surface area contributed by atoms with E-state index in [4.69, 9.17) is 0 Å². The van der Waals surface area contributed by atoms with Crippen LogP contribution < -0.4 is 0 Å². The number of hydrogen-bond donors (Lipinski definition) is 0. The van der Waals surface area contributed by atoms with Gasteiger partial charge in [-0.15, -0.1) is 0 Å². The number of amides is 1. The van der Waals surface area contributed by atoms with Crippen molar-refractivity contribution >= 4 is 5.91 Å². The molecule has 0 aliphatic carbocycles. The highest BCUT2D eigenvalue weighted by Gasteiger charge is 2.39. The second-order valence-electron chi connectivity index (χ2n) is 7.06. The summed E-state index contributed by atoms with van der Waals surface area (Å²) >= 11 is 0. The molecule has 0 saturated carbocycles. The van der Waals surface area contributed by atoms with Gasteiger partial charge >= 0.3 is 0 Å². The number of nitrogens with zero attached hydrogens (tertiary/aromatic N) is 5. The van der Waals surface area contributed by atoms with Crippen molar-refractivity contribution in [3.05, 3.63) is 48.5 Å². The lowest BCUT2D eigenvalue weighted by molar-refractivity contribution is -0.134. The van der Waals surface area contributed by atoms with Gasteiger partial charge in [0, 0.05) is 25.2 Å². The van der Waals surface area contributed by atoms with Crippen molar-refractivity contribution in [3.8, 4) is 0 Å². The SMILES string of the molecule is O=C(Cn1cncn1)N1CCC[C@@H]1[C@@H]1CCCN1Cc1ccccc1. The number of benzene rings is 1. The molecule has 0 spiro atoms. The number of hydrogen-bond acceptors (Lipinski definition) is 4. The summed E-state index contributed by atoms with van der Waals surface area (Å²) in [6.07, 6.45) is 7.71. The molecule has 1 amide bonds. The van der Waals surface area contributed by atoms with Crippen LogP contribution in [-0.2, 0) is 17.9 Å². The predicted molar refractivity (Wildman–Crippen MR) is 94.6 cm³/mol. The predicted octanol–water partition coefficient (Wildman–Crippen LogP) is 1.93. The number of aromatic nitrogens is 3. The minimum Gasteiger partial charge on any atom is -0.337 e. The van der Waals surface area contributed by atoms with Gasteiger partial charge < -0.3 is 4.90 Å². The highest BCUT2D eigenvalue weighted by Crippen LogP contribution is 2.31. The van der Waals surface area contributed by atoms with Crippen LogP contribution in [0.25, 0.3) is 0 Å². The molecule has 25 heavy (non-hydrogen) atoms. The Morgan fingerprint density at radius 2 is 1.88 bits per heavy atom. The maximum absolute atomic E-state index is 12.8. The first-order chi connectivity index (χ1) is 12.3. The van der Waals surface area contributed by atoms with Crippen LogP contribution in [0.2, 0.25) is 0 Å². The van der Waals surface area contributed by atoms with E-state index in [1.54, 1.807) is 11.0 Å². The zero-order valence-corrected chi connectivity index (χ0v) is 14.5. The number of likely N-dealkylation sites (tertiary alicyclic amines) is 2. The van der Waals surface area contributed by atoms with Crippen LogP contribution in [0.1, 0.15) is 31.2 Å². The second kappa shape index (κ2) is 7.35. The van der Waals surface area contributed by atoms with Crippen molar-refractivity contribution in [2.45, 2.75) is 50.9 Å². The summed E-state index contributed by atoms with van der Waals surface area (Å²) < 4.78 is 1.62. The average molecular weight is 339 g/mol. The van der Waals surface area contributed by atoms with Crippen molar-refractivity contribution in [1.82, 2.24) is 24.6 Å². The van der Waals surface area contributed by atoms with Gasteiger partial charge in [-0.25, -0.2) is 9.67 Å². The largest absolute Gasteiger partial charge is 0.337 e. The van der Waals surface area contributed by atoms with E-state index < -0.39 is 0 Å². The molecule has 132 valence electrons. The third kappa shape index (κ3) is 3.58. The van der Waals surface area contributed by atoms with E-state index >= 15 is 0 Å². The fraction of sp³-hybridized carbons (Fsp3) is 0.526. The molecule has 0 N–H and O–H groups in total. The Bertz CT molecular complexity index is 687. The summed E-state index contributed by atoms with van der Waals surface area (Å²) in [5.74, 6) is 0.166. The van der Waals surface area contributed by atoms with E-state index in [2.05, 4.69) is 50.2 Å². The zero-order valence-electron chi connectivity index (χ0n) is 14.5. The van der Waals surface area contributed by atoms with E-state index in [1.807, 2.05) is 0 Å². The lowest BCUT2D eigenvalue weighted by atomic mass is 10.0. The molecule has 0 unspecified atom stereocenters. The van der Waals surface area contributed by atoms with Crippen molar-refractivity contribution in [1.29, 1.82) is 0 Å². The van der Waals surface area contributed by atoms with Gasteiger partial charge in [0.25, 0.3) is 0 Å². The van der Waals surface area contributed by atoms with Crippen molar-refractivity contribution < 1.29 is 4.79 Å². The highest BCUT2D eigenvalue weighted by molar-refractivity contribution is 5.76. The summed E-state index contributed by atoms with van der Waals surface area (Å²) in [4.78, 5) is 21.4. The average Bonchev–Trinajstić information content (AvgIpc) is 3.36. The molecular weight excluding hydrogens is 314 g/mol. The Labute approximate surface area is 148 Å². The van der Waals surface area contributed by atoms with Gasteiger partial charge in [0.2, 0.25) is 5.91 Å². The van der Waals surface area contributed by atoms with Gasteiger partial charge in [0.15, 0.2) is 0 Å². The molecule has 2 fully saturated rings. The molecule has 1 aromatic heterocycles. The van der Waals surface area contributed by atoms with Gasteiger partial charge in [0.05, 0.1) is 0 Å². The monoisotopic (exact) mass is 339 g/mol. The van der Waals surface area contributed by atoms with E-state index in [0.717, 1.165) is 32.5 Å². The fourth-order valence-corrected chi connectivity index (χ4v) is 4.35. The first-order valence-electron chi connectivity index (χ1n) is 9.21. The molecule has 2 aromatic rings. The van der Waals surface area contributed by atoms with E-state index in [0.29, 0.717) is 18.6 Å². The third-order valence-electron chi connectivity index (χ3n) is 5.47. The van der Waals surface area contributed by atoms with Crippen molar-refractivity contribution in [2.75, 3.05) is 13.1 Å². The van der Waals surface area contributed by atoms with Crippen LogP contribution in [0.4, 0.5) is 0 Å². The summed E-state index contributed by atoms with van der Waals surface area (Å²) in [6.45, 7) is 3.27. The highest BCUT2D eigenvalue weighted by atomic mass is 16.2. The molecule has 2 atom stereocenters. The molecule has 6 nitrogen and oxygen atoms in total. The Balaban J connectivity index is 1.44. The quantitative estimate of drug-likeness (QED) is 0.835. The standard InChI is InChI=1S/C19H25N5O/c25-19(13-23-15-20-14-21-23)24-11-5-9-18(24)17-8-4-10-22(17)12-16-6-2-1-3-7-16/h1-3,6-7,14-15,17-18H,4-5,8-13H2/t17-,18+/m0/s1. The lowest BCUT2D eigenvalue weighted by Gasteiger charge is -2.35. The lowest BCUT2D eigenvalue weighted by Crippen LogP contribution is -2.48. The van der Waals surface area contributed by atoms with Crippen LogP contribution >= 0.6 is 0 Å². The molecule has 0 bridgehead atoms. The van der Waals surface area contributed by atoms with Gasteiger partial charge in [-0.1, -0.05) is 30.3 Å². The maximum atomic E-state index is 12.8. The Kier molecular flexibility index (Phi) is 4.78. The topological polar surface area (TPSA) is 54.3 Å². The molecule has 2 saturated heterocycles. The summed E-state index contributed by atoms with van der Waals surface area (Å²) in [5.41, 5.74) is 1.35. The Hall–Kier alpha value is -2.21. The van der Waals surface area contributed by atoms with Gasteiger partial charge in [-0.05, 0) is 37.8 Å². The summed E-state index contributed by atoms with van der Waals surface area (Å²) in [7, 11) is 0. The molecule has 1 aromatic carbocycles. The van der Waals surface area contributed by atoms with Crippen molar-refractivity contribution in [2.24, 2.45) is 0 Å². The minimum atomic E-state index is 0.166. The number of rotatable bonds is 5. The maximum Gasteiger partial charge on any atom is 0.244 e. The first-order valence-corrected chi connectivity index (χ1v) is 9.21. The molecule has 2 aliphatic rings. The molecular formula is C19H25N5O.